The van der Waals surface area contributed by atoms with Crippen LogP contribution in [0.2, 0.25) is 0 Å². The molecule has 2 aliphatic carbocycles. The number of aromatic nitrogens is 4. The normalized spacial score (nSPS) is 23.3. The van der Waals surface area contributed by atoms with Crippen molar-refractivity contribution in [1.82, 2.24) is 19.7 Å². The number of nitrogens with zero attached hydrogens (tertiary/aromatic N) is 5. The lowest BCUT2D eigenvalue weighted by atomic mass is 9.80. The van der Waals surface area contributed by atoms with Gasteiger partial charge in [0.2, 0.25) is 11.9 Å². The number of likely N-dealkylation sites (N-methyl/N-ethyl adjacent to an activating group) is 1. The molecule has 166 valence electrons. The van der Waals surface area contributed by atoms with Crippen LogP contribution >= 0.6 is 0 Å². The molecule has 0 saturated heterocycles. The fourth-order valence-corrected chi connectivity index (χ4v) is 4.33. The second-order valence-corrected chi connectivity index (χ2v) is 8.82. The van der Waals surface area contributed by atoms with Gasteiger partial charge in [-0.25, -0.2) is 4.98 Å². The second-order valence-electron chi connectivity index (χ2n) is 8.82. The van der Waals surface area contributed by atoms with Crippen LogP contribution in [0.1, 0.15) is 48.7 Å². The highest BCUT2D eigenvalue weighted by Crippen LogP contribution is 2.42. The summed E-state index contributed by atoms with van der Waals surface area (Å²) in [5.74, 6) is 1.32. The van der Waals surface area contributed by atoms with Crippen LogP contribution < -0.4 is 15.5 Å². The summed E-state index contributed by atoms with van der Waals surface area (Å²) in [6.07, 6.45) is -1.10. The molecule has 1 aliphatic heterocycles. The number of hydrogen-bond donors (Lipinski definition) is 2. The van der Waals surface area contributed by atoms with E-state index < -0.39 is 11.9 Å². The summed E-state index contributed by atoms with van der Waals surface area (Å²) in [6.45, 7) is 2.30. The first kappa shape index (κ1) is 20.1. The number of aryl methyl sites for hydroxylation is 1. The van der Waals surface area contributed by atoms with E-state index in [4.69, 9.17) is 0 Å². The van der Waals surface area contributed by atoms with Gasteiger partial charge < -0.3 is 15.5 Å². The number of fused-ring (bicyclic) bond motifs is 1. The van der Waals surface area contributed by atoms with Crippen LogP contribution in [0.5, 0.6) is 0 Å². The SMILES string of the molecule is Cc1nc(N[C@H]2C[C@@H](Cn3nc(C4CC4)cc3C(F)(F)F)C2)nc2c1NC(=O)CN2C. The molecule has 0 spiro atoms. The second kappa shape index (κ2) is 7.10. The molecule has 0 aromatic carbocycles. The van der Waals surface area contributed by atoms with Gasteiger partial charge in [0.05, 0.1) is 17.9 Å². The first-order valence-corrected chi connectivity index (χ1v) is 10.5. The monoisotopic (exact) mass is 435 g/mol. The Labute approximate surface area is 177 Å². The van der Waals surface area contributed by atoms with Gasteiger partial charge in [0, 0.05) is 25.6 Å². The molecule has 5 rings (SSSR count). The number of hydrogen-bond acceptors (Lipinski definition) is 6. The third kappa shape index (κ3) is 3.92. The van der Waals surface area contributed by atoms with E-state index in [0.29, 0.717) is 28.8 Å². The van der Waals surface area contributed by atoms with Crippen LogP contribution in [0.3, 0.4) is 0 Å². The van der Waals surface area contributed by atoms with E-state index in [0.717, 1.165) is 30.4 Å². The molecule has 0 atom stereocenters. The van der Waals surface area contributed by atoms with Crippen molar-refractivity contribution in [2.24, 2.45) is 5.92 Å². The number of anilines is 3. The zero-order valence-corrected chi connectivity index (χ0v) is 17.3. The quantitative estimate of drug-likeness (QED) is 0.750. The molecule has 2 N–H and O–H groups in total. The van der Waals surface area contributed by atoms with Gasteiger partial charge in [-0.3, -0.25) is 9.48 Å². The maximum Gasteiger partial charge on any atom is 0.433 e. The lowest BCUT2D eigenvalue weighted by Crippen LogP contribution is -2.40. The van der Waals surface area contributed by atoms with E-state index >= 15 is 0 Å². The number of amides is 1. The van der Waals surface area contributed by atoms with Crippen molar-refractivity contribution >= 4 is 23.4 Å². The largest absolute Gasteiger partial charge is 0.433 e. The number of carbonyl (C=O) groups is 1. The van der Waals surface area contributed by atoms with Crippen LogP contribution in [0, 0.1) is 12.8 Å². The Morgan fingerprint density at radius 3 is 2.68 bits per heavy atom. The van der Waals surface area contributed by atoms with Crippen molar-refractivity contribution < 1.29 is 18.0 Å². The number of rotatable bonds is 5. The standard InChI is InChI=1S/C20H24F3N7O/c1-10-17-18(29(2)9-16(31)26-17)27-19(24-10)25-13-5-11(6-13)8-30-15(20(21,22)23)7-14(28-30)12-3-4-12/h7,11-13H,3-6,8-9H2,1-2H3,(H,26,31)(H,24,25,27)/t11-,13+. The average Bonchev–Trinajstić information content (AvgIpc) is 3.40. The molecule has 31 heavy (non-hydrogen) atoms. The Balaban J connectivity index is 1.23. The Morgan fingerprint density at radius 1 is 1.26 bits per heavy atom. The smallest absolute Gasteiger partial charge is 0.351 e. The van der Waals surface area contributed by atoms with Crippen LogP contribution in [0.15, 0.2) is 6.07 Å². The van der Waals surface area contributed by atoms with Gasteiger partial charge in [-0.05, 0) is 44.6 Å². The molecule has 2 aromatic heterocycles. The molecule has 2 saturated carbocycles. The highest BCUT2D eigenvalue weighted by molar-refractivity contribution is 6.00. The summed E-state index contributed by atoms with van der Waals surface area (Å²) in [4.78, 5) is 22.4. The van der Waals surface area contributed by atoms with E-state index in [1.807, 2.05) is 6.92 Å². The predicted molar refractivity (Wildman–Crippen MR) is 108 cm³/mol. The molecule has 2 aromatic rings. The van der Waals surface area contributed by atoms with E-state index in [-0.39, 0.29) is 36.9 Å². The molecular formula is C20H24F3N7O. The Morgan fingerprint density at radius 2 is 2.00 bits per heavy atom. The summed E-state index contributed by atoms with van der Waals surface area (Å²) in [5.41, 5.74) is 1.20. The van der Waals surface area contributed by atoms with Crippen molar-refractivity contribution in [2.45, 2.75) is 57.3 Å². The summed E-state index contributed by atoms with van der Waals surface area (Å²) in [5, 5.41) is 10.3. The Bertz CT molecular complexity index is 1020. The van der Waals surface area contributed by atoms with Gasteiger partial charge in [-0.2, -0.15) is 23.3 Å². The van der Waals surface area contributed by atoms with E-state index in [1.54, 1.807) is 11.9 Å². The van der Waals surface area contributed by atoms with E-state index in [9.17, 15) is 18.0 Å². The topological polar surface area (TPSA) is 88.0 Å². The van der Waals surface area contributed by atoms with Crippen LogP contribution in [0.25, 0.3) is 0 Å². The summed E-state index contributed by atoms with van der Waals surface area (Å²) >= 11 is 0. The fraction of sp³-hybridized carbons (Fsp3) is 0.600. The summed E-state index contributed by atoms with van der Waals surface area (Å²) < 4.78 is 41.3. The zero-order chi connectivity index (χ0) is 21.9. The van der Waals surface area contributed by atoms with Crippen molar-refractivity contribution in [3.8, 4) is 0 Å². The summed E-state index contributed by atoms with van der Waals surface area (Å²) in [7, 11) is 1.80. The molecule has 3 heterocycles. The van der Waals surface area contributed by atoms with Crippen LogP contribution in [-0.2, 0) is 17.5 Å². The molecule has 11 heteroatoms. The maximum atomic E-state index is 13.4. The average molecular weight is 435 g/mol. The van der Waals surface area contributed by atoms with Gasteiger partial charge in [-0.1, -0.05) is 0 Å². The summed E-state index contributed by atoms with van der Waals surface area (Å²) in [6, 6.07) is 1.31. The third-order valence-electron chi connectivity index (χ3n) is 6.16. The molecule has 2 fully saturated rings. The molecule has 1 amide bonds. The van der Waals surface area contributed by atoms with E-state index in [1.165, 1.54) is 6.07 Å². The number of nitrogens with one attached hydrogen (secondary N) is 2. The van der Waals surface area contributed by atoms with Crippen LogP contribution in [-0.4, -0.2) is 45.3 Å². The third-order valence-corrected chi connectivity index (χ3v) is 6.16. The lowest BCUT2D eigenvalue weighted by Gasteiger charge is -2.36. The van der Waals surface area contributed by atoms with Gasteiger partial charge in [0.25, 0.3) is 0 Å². The van der Waals surface area contributed by atoms with Crippen molar-refractivity contribution in [3.63, 3.8) is 0 Å². The van der Waals surface area contributed by atoms with Gasteiger partial charge in [0.15, 0.2) is 5.82 Å². The zero-order valence-electron chi connectivity index (χ0n) is 17.3. The first-order chi connectivity index (χ1) is 14.7. The Kier molecular flexibility index (Phi) is 4.60. The highest BCUT2D eigenvalue weighted by atomic mass is 19.4. The number of carbonyl (C=O) groups excluding carboxylic acids is 1. The first-order valence-electron chi connectivity index (χ1n) is 10.5. The van der Waals surface area contributed by atoms with Gasteiger partial charge in [0.1, 0.15) is 11.4 Å². The molecule has 8 nitrogen and oxygen atoms in total. The fourth-order valence-electron chi connectivity index (χ4n) is 4.33. The minimum absolute atomic E-state index is 0.0961. The number of halogens is 3. The number of alkyl halides is 3. The van der Waals surface area contributed by atoms with Crippen molar-refractivity contribution in [2.75, 3.05) is 29.1 Å². The molecule has 0 radical (unpaired) electrons. The van der Waals surface area contributed by atoms with Crippen molar-refractivity contribution in [1.29, 1.82) is 0 Å². The molecule has 3 aliphatic rings. The molecular weight excluding hydrogens is 411 g/mol. The van der Waals surface area contributed by atoms with E-state index in [2.05, 4.69) is 25.7 Å². The van der Waals surface area contributed by atoms with Crippen LogP contribution in [0.4, 0.5) is 30.6 Å². The lowest BCUT2D eigenvalue weighted by molar-refractivity contribution is -0.144. The molecule has 0 unspecified atom stereocenters. The van der Waals surface area contributed by atoms with Crippen molar-refractivity contribution in [3.05, 3.63) is 23.1 Å². The maximum absolute atomic E-state index is 13.4. The minimum atomic E-state index is -4.39. The Hall–Kier alpha value is -2.85. The molecule has 0 bridgehead atoms. The minimum Gasteiger partial charge on any atom is -0.351 e. The van der Waals surface area contributed by atoms with Gasteiger partial charge in [-0.15, -0.1) is 0 Å². The highest BCUT2D eigenvalue weighted by Gasteiger charge is 2.40. The predicted octanol–water partition coefficient (Wildman–Crippen LogP) is 3.16. The van der Waals surface area contributed by atoms with Gasteiger partial charge >= 0.3 is 6.18 Å².